The van der Waals surface area contributed by atoms with E-state index in [9.17, 15) is 24.2 Å². The van der Waals surface area contributed by atoms with Crippen LogP contribution in [-0.2, 0) is 11.2 Å². The third kappa shape index (κ3) is 6.29. The average molecular weight is 566 g/mol. The van der Waals surface area contributed by atoms with Crippen molar-refractivity contribution < 1.29 is 24.2 Å². The molecule has 11 nitrogen and oxygen atoms in total. The predicted molar refractivity (Wildman–Crippen MR) is 151 cm³/mol. The van der Waals surface area contributed by atoms with Crippen LogP contribution < -0.4 is 16.6 Å². The lowest BCUT2D eigenvalue weighted by molar-refractivity contribution is -0.139. The van der Waals surface area contributed by atoms with Gasteiger partial charge in [-0.25, -0.2) is 24.6 Å². The Morgan fingerprint density at radius 3 is 2.55 bits per heavy atom. The summed E-state index contributed by atoms with van der Waals surface area (Å²) in [4.78, 5) is 39.5. The molecule has 2 aromatic carbocycles. The van der Waals surface area contributed by atoms with E-state index in [1.807, 2.05) is 0 Å². The van der Waals surface area contributed by atoms with Gasteiger partial charge in [0, 0.05) is 58.3 Å². The summed E-state index contributed by atoms with van der Waals surface area (Å²) in [5.74, 6) is 8.42. The van der Waals surface area contributed by atoms with Crippen LogP contribution in [0.2, 0.25) is 0 Å². The number of carbonyl (C=O) groups is 2. The molecule has 0 aliphatic carbocycles. The van der Waals surface area contributed by atoms with Crippen molar-refractivity contribution in [2.45, 2.75) is 18.7 Å². The molecule has 42 heavy (non-hydrogen) atoms. The topological polar surface area (TPSA) is 179 Å². The summed E-state index contributed by atoms with van der Waals surface area (Å²) in [5.41, 5.74) is 6.04. The summed E-state index contributed by atoms with van der Waals surface area (Å²) < 4.78 is 14.8. The number of amides is 1. The number of aromatic amines is 1. The molecule has 1 amide bonds. The average Bonchev–Trinajstić information content (AvgIpc) is 3.52. The summed E-state index contributed by atoms with van der Waals surface area (Å²) in [6, 6.07) is 13.1. The Kier molecular flexibility index (Phi) is 8.26. The fourth-order valence-corrected chi connectivity index (χ4v) is 4.24. The van der Waals surface area contributed by atoms with E-state index in [1.54, 1.807) is 48.8 Å². The molecule has 12 heteroatoms. The van der Waals surface area contributed by atoms with Crippen molar-refractivity contribution in [2.75, 3.05) is 0 Å². The SMILES string of the molecule is NNC(O)c1cc(-c2ccc(C#Cc3ccc(C(=O)NC(Cc4cnc[nH]4)C(=O)O)cc3F)cc2)nc2ccncc12. The lowest BCUT2D eigenvalue weighted by Gasteiger charge is -2.14. The van der Waals surface area contributed by atoms with Crippen LogP contribution >= 0.6 is 0 Å². The van der Waals surface area contributed by atoms with E-state index in [0.29, 0.717) is 33.4 Å². The van der Waals surface area contributed by atoms with Crippen LogP contribution in [0.1, 0.15) is 39.0 Å². The zero-order valence-corrected chi connectivity index (χ0v) is 21.9. The number of aliphatic hydroxyl groups excluding tert-OH is 1. The number of pyridine rings is 2. The molecule has 0 spiro atoms. The Hall–Kier alpha value is -5.48. The second kappa shape index (κ2) is 12.4. The van der Waals surface area contributed by atoms with Gasteiger partial charge < -0.3 is 20.5 Å². The molecular weight excluding hydrogens is 541 g/mol. The second-order valence-corrected chi connectivity index (χ2v) is 9.23. The van der Waals surface area contributed by atoms with Crippen molar-refractivity contribution >= 4 is 22.8 Å². The van der Waals surface area contributed by atoms with Crippen molar-refractivity contribution in [3.05, 3.63) is 113 Å². The Morgan fingerprint density at radius 2 is 1.86 bits per heavy atom. The summed E-state index contributed by atoms with van der Waals surface area (Å²) in [6.07, 6.45) is 4.96. The number of nitrogens with two attached hydrogens (primary N) is 1. The molecule has 3 heterocycles. The maximum atomic E-state index is 14.8. The van der Waals surface area contributed by atoms with E-state index in [2.05, 4.69) is 42.5 Å². The number of aliphatic carboxylic acids is 1. The fourth-order valence-electron chi connectivity index (χ4n) is 4.24. The van der Waals surface area contributed by atoms with Crippen LogP contribution in [0.4, 0.5) is 4.39 Å². The number of carbonyl (C=O) groups excluding carboxylic acids is 1. The first-order chi connectivity index (χ1) is 20.3. The number of hydrogen-bond donors (Lipinski definition) is 6. The number of carboxylic acids is 1. The third-order valence-electron chi connectivity index (χ3n) is 6.43. The van der Waals surface area contributed by atoms with Crippen molar-refractivity contribution in [3.8, 4) is 23.1 Å². The van der Waals surface area contributed by atoms with Gasteiger partial charge in [0.1, 0.15) is 18.1 Å². The first-order valence-electron chi connectivity index (χ1n) is 12.6. The number of rotatable bonds is 8. The van der Waals surface area contributed by atoms with Crippen LogP contribution in [0.3, 0.4) is 0 Å². The normalized spacial score (nSPS) is 12.3. The number of imidazole rings is 1. The molecule has 5 aromatic rings. The molecule has 0 aliphatic heterocycles. The largest absolute Gasteiger partial charge is 0.480 e. The van der Waals surface area contributed by atoms with Crippen LogP contribution in [0.25, 0.3) is 22.2 Å². The van der Waals surface area contributed by atoms with Gasteiger partial charge in [-0.15, -0.1) is 0 Å². The second-order valence-electron chi connectivity index (χ2n) is 9.23. The van der Waals surface area contributed by atoms with Crippen molar-refractivity contribution in [1.82, 2.24) is 30.7 Å². The van der Waals surface area contributed by atoms with Crippen LogP contribution in [0.5, 0.6) is 0 Å². The molecule has 2 atom stereocenters. The Labute approximate surface area is 238 Å². The molecule has 3 aromatic heterocycles. The van der Waals surface area contributed by atoms with Gasteiger partial charge in [-0.2, -0.15) is 0 Å². The van der Waals surface area contributed by atoms with Gasteiger partial charge in [-0.05, 0) is 42.5 Å². The lowest BCUT2D eigenvalue weighted by Crippen LogP contribution is -2.42. The first-order valence-corrected chi connectivity index (χ1v) is 12.6. The van der Waals surface area contributed by atoms with E-state index in [4.69, 9.17) is 5.84 Å². The molecule has 7 N–H and O–H groups in total. The molecule has 2 unspecified atom stereocenters. The lowest BCUT2D eigenvalue weighted by atomic mass is 10.0. The number of nitrogens with zero attached hydrogens (tertiary/aromatic N) is 3. The quantitative estimate of drug-likeness (QED) is 0.0713. The number of hydrazine groups is 1. The fraction of sp³-hybridized carbons (Fsp3) is 0.100. The number of fused-ring (bicyclic) bond motifs is 1. The molecular formula is C30H24FN7O4. The third-order valence-corrected chi connectivity index (χ3v) is 6.43. The van der Waals surface area contributed by atoms with Gasteiger partial charge in [0.15, 0.2) is 0 Å². The summed E-state index contributed by atoms with van der Waals surface area (Å²) in [6.45, 7) is 0. The van der Waals surface area contributed by atoms with Gasteiger partial charge in [-0.1, -0.05) is 24.0 Å². The molecule has 0 bridgehead atoms. The van der Waals surface area contributed by atoms with E-state index in [0.717, 1.165) is 11.6 Å². The standard InChI is InChI=1S/C30H24FN7O4/c31-24-11-20(28(39)37-27(30(41)42)12-21-14-34-16-35-21)8-7-18(24)4-1-17-2-5-19(6-3-17)26-13-22(29(40)38-32)23-15-33-10-9-25(23)36-26/h2-3,5-11,13-16,27,29,38,40H,12,32H2,(H,34,35)(H,37,39)(H,41,42). The zero-order chi connectivity index (χ0) is 29.6. The van der Waals surface area contributed by atoms with Gasteiger partial charge in [0.2, 0.25) is 0 Å². The smallest absolute Gasteiger partial charge is 0.326 e. The number of aromatic nitrogens is 4. The predicted octanol–water partition coefficient (Wildman–Crippen LogP) is 2.44. The summed E-state index contributed by atoms with van der Waals surface area (Å²) in [5, 5.41) is 22.8. The Balaban J connectivity index is 1.31. The number of benzene rings is 2. The molecule has 5 rings (SSSR count). The molecule has 0 saturated heterocycles. The van der Waals surface area contributed by atoms with Crippen LogP contribution in [-0.4, -0.2) is 48.1 Å². The Morgan fingerprint density at radius 1 is 1.05 bits per heavy atom. The van der Waals surface area contributed by atoms with Crippen molar-refractivity contribution in [3.63, 3.8) is 0 Å². The number of H-pyrrole nitrogens is 1. The molecule has 0 radical (unpaired) electrons. The highest BCUT2D eigenvalue weighted by atomic mass is 19.1. The highest BCUT2D eigenvalue weighted by Crippen LogP contribution is 2.27. The zero-order valence-electron chi connectivity index (χ0n) is 21.9. The minimum Gasteiger partial charge on any atom is -0.480 e. The maximum absolute atomic E-state index is 14.8. The summed E-state index contributed by atoms with van der Waals surface area (Å²) in [7, 11) is 0. The summed E-state index contributed by atoms with van der Waals surface area (Å²) >= 11 is 0. The number of nitrogens with one attached hydrogen (secondary N) is 3. The van der Waals surface area contributed by atoms with Crippen LogP contribution in [0, 0.1) is 17.7 Å². The monoisotopic (exact) mass is 565 g/mol. The van der Waals surface area contributed by atoms with Crippen molar-refractivity contribution in [1.29, 1.82) is 0 Å². The van der Waals surface area contributed by atoms with E-state index in [-0.39, 0.29) is 17.5 Å². The van der Waals surface area contributed by atoms with Gasteiger partial charge >= 0.3 is 5.97 Å². The minimum absolute atomic E-state index is 0.00562. The van der Waals surface area contributed by atoms with Gasteiger partial charge in [0.25, 0.3) is 5.91 Å². The first kappa shape index (κ1) is 28.1. The molecule has 0 saturated carbocycles. The molecule has 0 aliphatic rings. The van der Waals surface area contributed by atoms with Crippen molar-refractivity contribution in [2.24, 2.45) is 5.84 Å². The van der Waals surface area contributed by atoms with E-state index >= 15 is 0 Å². The molecule has 210 valence electrons. The Bertz CT molecular complexity index is 1820. The highest BCUT2D eigenvalue weighted by Gasteiger charge is 2.22. The minimum atomic E-state index is -1.23. The maximum Gasteiger partial charge on any atom is 0.326 e. The van der Waals surface area contributed by atoms with E-state index < -0.39 is 30.0 Å². The number of aliphatic hydroxyl groups is 1. The number of carboxylic acid groups (broad SMARTS) is 1. The highest BCUT2D eigenvalue weighted by molar-refractivity contribution is 5.96. The number of hydrogen-bond acceptors (Lipinski definition) is 8. The molecule has 0 fully saturated rings. The number of halogens is 1. The van der Waals surface area contributed by atoms with Gasteiger partial charge in [0.05, 0.1) is 23.1 Å². The van der Waals surface area contributed by atoms with Crippen LogP contribution in [0.15, 0.2) is 79.5 Å². The van der Waals surface area contributed by atoms with Gasteiger partial charge in [-0.3, -0.25) is 15.6 Å². The van der Waals surface area contributed by atoms with E-state index in [1.165, 1.54) is 24.7 Å².